The summed E-state index contributed by atoms with van der Waals surface area (Å²) in [5.74, 6) is 0.0830. The summed E-state index contributed by atoms with van der Waals surface area (Å²) < 4.78 is 0. The molecule has 1 heterocycles. The van der Waals surface area contributed by atoms with E-state index < -0.39 is 0 Å². The maximum atomic E-state index is 9.34. The van der Waals surface area contributed by atoms with Crippen molar-refractivity contribution in [3.63, 3.8) is 0 Å². The number of nitrogen functional groups attached to an aromatic ring is 1. The third kappa shape index (κ3) is 1.36. The third-order valence-corrected chi connectivity index (χ3v) is 1.78. The monoisotopic (exact) mass is 178 g/mol. The molecular weight excluding hydrogens is 168 g/mol. The lowest BCUT2D eigenvalue weighted by Gasteiger charge is -2.15. The molecule has 1 aliphatic rings. The molecule has 0 unspecified atom stereocenters. The topological polar surface area (TPSA) is 73.5 Å². The van der Waals surface area contributed by atoms with Crippen LogP contribution in [-0.2, 0) is 0 Å². The van der Waals surface area contributed by atoms with Gasteiger partial charge in [-0.1, -0.05) is 0 Å². The number of aromatic hydroxyl groups is 1. The van der Waals surface area contributed by atoms with E-state index in [-0.39, 0.29) is 5.75 Å². The van der Waals surface area contributed by atoms with E-state index in [9.17, 15) is 5.11 Å². The number of hydrogen-bond donors (Lipinski definition) is 4. The molecule has 13 heavy (non-hydrogen) atoms. The van der Waals surface area contributed by atoms with Crippen LogP contribution < -0.4 is 21.7 Å². The molecule has 0 bridgehead atoms. The molecule has 1 aromatic carbocycles. The maximum absolute atomic E-state index is 9.34. The fourth-order valence-corrected chi connectivity index (χ4v) is 1.09. The van der Waals surface area contributed by atoms with E-state index in [1.807, 2.05) is 0 Å². The van der Waals surface area contributed by atoms with Crippen molar-refractivity contribution >= 4 is 11.4 Å². The number of anilines is 2. The molecule has 1 aliphatic heterocycles. The number of benzene rings is 1. The van der Waals surface area contributed by atoms with Gasteiger partial charge in [-0.15, -0.1) is 5.53 Å². The summed E-state index contributed by atoms with van der Waals surface area (Å²) in [5.41, 5.74) is 12.3. The largest absolute Gasteiger partial charge is 0.506 e. The average molecular weight is 178 g/mol. The zero-order valence-electron chi connectivity index (χ0n) is 6.86. The lowest BCUT2D eigenvalue weighted by molar-refractivity contribution is 0.478. The molecule has 0 aliphatic carbocycles. The van der Waals surface area contributed by atoms with Crippen molar-refractivity contribution in [2.24, 2.45) is 0 Å². The van der Waals surface area contributed by atoms with Crippen LogP contribution in [0.2, 0.25) is 0 Å². The Bertz CT molecular complexity index is 350. The molecule has 2 rings (SSSR count). The molecule has 5 nitrogen and oxygen atoms in total. The van der Waals surface area contributed by atoms with Gasteiger partial charge in [0.05, 0.1) is 11.4 Å². The summed E-state index contributed by atoms with van der Waals surface area (Å²) >= 11 is 0. The Morgan fingerprint density at radius 1 is 1.38 bits per heavy atom. The van der Waals surface area contributed by atoms with Gasteiger partial charge in [-0.2, -0.15) is 0 Å². The van der Waals surface area contributed by atoms with Crippen molar-refractivity contribution in [2.75, 3.05) is 10.7 Å². The Morgan fingerprint density at radius 2 is 2.23 bits per heavy atom. The van der Waals surface area contributed by atoms with E-state index in [0.717, 1.165) is 5.69 Å². The normalized spacial score (nSPS) is 14.6. The second-order valence-electron chi connectivity index (χ2n) is 2.68. The second kappa shape index (κ2) is 2.87. The van der Waals surface area contributed by atoms with Crippen LogP contribution in [-0.4, -0.2) is 5.11 Å². The molecule has 5 N–H and O–H groups in total. The van der Waals surface area contributed by atoms with Crippen molar-refractivity contribution < 1.29 is 5.11 Å². The van der Waals surface area contributed by atoms with Crippen LogP contribution in [0.15, 0.2) is 30.6 Å². The number of phenols is 1. The molecule has 68 valence electrons. The van der Waals surface area contributed by atoms with E-state index in [0.29, 0.717) is 5.69 Å². The van der Waals surface area contributed by atoms with Gasteiger partial charge in [0.1, 0.15) is 5.75 Å². The number of rotatable bonds is 1. The average Bonchev–Trinajstić information content (AvgIpc) is 2.62. The predicted molar refractivity (Wildman–Crippen MR) is 50.4 cm³/mol. The van der Waals surface area contributed by atoms with Crippen LogP contribution in [0.3, 0.4) is 0 Å². The molecule has 0 saturated heterocycles. The quantitative estimate of drug-likeness (QED) is 0.367. The lowest BCUT2D eigenvalue weighted by Crippen LogP contribution is -2.35. The van der Waals surface area contributed by atoms with Gasteiger partial charge in [0.25, 0.3) is 0 Å². The Hall–Kier alpha value is -1.88. The Balaban J connectivity index is 2.30. The number of phenolic OH excluding ortho intramolecular Hbond substituents is 1. The van der Waals surface area contributed by atoms with Crippen molar-refractivity contribution in [3.8, 4) is 5.75 Å². The highest BCUT2D eigenvalue weighted by molar-refractivity contribution is 5.62. The van der Waals surface area contributed by atoms with Crippen molar-refractivity contribution in [1.82, 2.24) is 11.0 Å². The molecule has 0 amide bonds. The molecule has 0 aromatic heterocycles. The molecule has 0 saturated carbocycles. The fraction of sp³-hybridized carbons (Fsp3) is 0. The smallest absolute Gasteiger partial charge is 0.140 e. The summed E-state index contributed by atoms with van der Waals surface area (Å²) in [7, 11) is 0. The molecule has 0 radical (unpaired) electrons. The van der Waals surface area contributed by atoms with Gasteiger partial charge >= 0.3 is 0 Å². The lowest BCUT2D eigenvalue weighted by atomic mass is 10.2. The molecule has 5 heteroatoms. The minimum Gasteiger partial charge on any atom is -0.506 e. The fourth-order valence-electron chi connectivity index (χ4n) is 1.09. The van der Waals surface area contributed by atoms with E-state index in [1.54, 1.807) is 35.6 Å². The van der Waals surface area contributed by atoms with Crippen molar-refractivity contribution in [2.45, 2.75) is 0 Å². The summed E-state index contributed by atoms with van der Waals surface area (Å²) in [6, 6.07) is 5.04. The highest BCUT2D eigenvalue weighted by atomic mass is 16.3. The first-order valence-corrected chi connectivity index (χ1v) is 3.83. The van der Waals surface area contributed by atoms with Crippen LogP contribution in [0.4, 0.5) is 11.4 Å². The van der Waals surface area contributed by atoms with Gasteiger partial charge < -0.3 is 16.3 Å². The standard InChI is InChI=1S/C8H10N4O/c9-7-2-1-6(5-8(7)13)12-4-3-10-11-12/h1-5,10-11,13H,9H2. The van der Waals surface area contributed by atoms with Gasteiger partial charge in [-0.3, -0.25) is 5.01 Å². The first-order chi connectivity index (χ1) is 6.27. The Labute approximate surface area is 75.4 Å². The number of nitrogens with zero attached hydrogens (tertiary/aromatic N) is 1. The van der Waals surface area contributed by atoms with Gasteiger partial charge in [0.2, 0.25) is 0 Å². The maximum Gasteiger partial charge on any atom is 0.140 e. The first-order valence-electron chi connectivity index (χ1n) is 3.83. The van der Waals surface area contributed by atoms with Crippen LogP contribution in [0.5, 0.6) is 5.75 Å². The van der Waals surface area contributed by atoms with Gasteiger partial charge in [-0.25, -0.2) is 0 Å². The zero-order chi connectivity index (χ0) is 9.26. The number of nitrogens with two attached hydrogens (primary N) is 1. The molecule has 0 fully saturated rings. The highest BCUT2D eigenvalue weighted by Gasteiger charge is 2.07. The van der Waals surface area contributed by atoms with Gasteiger partial charge in [-0.05, 0) is 12.1 Å². The SMILES string of the molecule is Nc1ccc(N2C=CNN2)cc1O. The van der Waals surface area contributed by atoms with Gasteiger partial charge in [0.15, 0.2) is 0 Å². The second-order valence-corrected chi connectivity index (χ2v) is 2.68. The predicted octanol–water partition coefficient (Wildman–Crippen LogP) is 0.275. The Kier molecular flexibility index (Phi) is 1.71. The van der Waals surface area contributed by atoms with E-state index in [2.05, 4.69) is 11.0 Å². The molecular formula is C8H10N4O. The minimum atomic E-state index is 0.0830. The summed E-state index contributed by atoms with van der Waals surface area (Å²) in [5, 5.41) is 11.1. The number of hydrogen-bond acceptors (Lipinski definition) is 5. The first kappa shape index (κ1) is 7.75. The number of hydrazine groups is 2. The molecule has 0 spiro atoms. The van der Waals surface area contributed by atoms with Crippen LogP contribution in [0.25, 0.3) is 0 Å². The van der Waals surface area contributed by atoms with Gasteiger partial charge in [0, 0.05) is 18.5 Å². The van der Waals surface area contributed by atoms with E-state index >= 15 is 0 Å². The number of nitrogens with one attached hydrogen (secondary N) is 2. The third-order valence-electron chi connectivity index (χ3n) is 1.78. The summed E-state index contributed by atoms with van der Waals surface area (Å²) in [6.45, 7) is 0. The van der Waals surface area contributed by atoms with Crippen LogP contribution >= 0.6 is 0 Å². The van der Waals surface area contributed by atoms with E-state index in [1.165, 1.54) is 0 Å². The zero-order valence-corrected chi connectivity index (χ0v) is 6.86. The Morgan fingerprint density at radius 3 is 2.85 bits per heavy atom. The molecule has 0 atom stereocenters. The van der Waals surface area contributed by atoms with Crippen LogP contribution in [0.1, 0.15) is 0 Å². The van der Waals surface area contributed by atoms with Crippen molar-refractivity contribution in [3.05, 3.63) is 30.6 Å². The van der Waals surface area contributed by atoms with Crippen molar-refractivity contribution in [1.29, 1.82) is 0 Å². The highest BCUT2D eigenvalue weighted by Crippen LogP contribution is 2.25. The summed E-state index contributed by atoms with van der Waals surface area (Å²) in [4.78, 5) is 0. The minimum absolute atomic E-state index is 0.0830. The summed E-state index contributed by atoms with van der Waals surface area (Å²) in [6.07, 6.45) is 3.54. The van der Waals surface area contributed by atoms with Crippen LogP contribution in [0, 0.1) is 0 Å². The molecule has 1 aromatic rings. The van der Waals surface area contributed by atoms with E-state index in [4.69, 9.17) is 5.73 Å².